The first kappa shape index (κ1) is 37.2. The Morgan fingerprint density at radius 1 is 1.08 bits per heavy atom. The van der Waals surface area contributed by atoms with Crippen LogP contribution in [-0.2, 0) is 32.1 Å². The third kappa shape index (κ3) is 6.74. The van der Waals surface area contributed by atoms with E-state index in [1.165, 1.54) is 0 Å². The number of ketones is 1. The van der Waals surface area contributed by atoms with E-state index in [1.807, 2.05) is 24.3 Å². The molecule has 3 aromatic rings. The number of rotatable bonds is 14. The number of esters is 1. The maximum atomic E-state index is 13.9. The molecule has 0 bridgehead atoms. The van der Waals surface area contributed by atoms with E-state index >= 15 is 0 Å². The lowest BCUT2D eigenvalue weighted by atomic mass is 9.71. The van der Waals surface area contributed by atoms with E-state index in [2.05, 4.69) is 4.98 Å². The number of aldehydes is 1. The molecule has 0 spiro atoms. The third-order valence-electron chi connectivity index (χ3n) is 10.2. The second-order valence-electron chi connectivity index (χ2n) is 13.6. The predicted octanol–water partition coefficient (Wildman–Crippen LogP) is 3.17. The van der Waals surface area contributed by atoms with Crippen molar-refractivity contribution in [2.45, 2.75) is 76.6 Å². The Labute approximate surface area is 300 Å². The van der Waals surface area contributed by atoms with Crippen molar-refractivity contribution in [3.05, 3.63) is 69.6 Å². The fraction of sp³-hybridized carbons (Fsp3) is 0.462. The summed E-state index contributed by atoms with van der Waals surface area (Å²) in [6.07, 6.45) is 2.52. The molecule has 6 rings (SSSR count). The van der Waals surface area contributed by atoms with Crippen molar-refractivity contribution >= 4 is 34.5 Å². The lowest BCUT2D eigenvalue weighted by molar-refractivity contribution is -0.141. The molecule has 6 N–H and O–H groups in total. The molecule has 2 aliphatic heterocycles. The van der Waals surface area contributed by atoms with Crippen LogP contribution in [0.1, 0.15) is 74.1 Å². The van der Waals surface area contributed by atoms with Gasteiger partial charge in [0.1, 0.15) is 29.1 Å². The number of benzene rings is 2. The molecule has 4 atom stereocenters. The molecule has 0 unspecified atom stereocenters. The number of aromatic amines is 1. The molecular weight excluding hydrogens is 674 g/mol. The molecule has 3 heterocycles. The Morgan fingerprint density at radius 2 is 1.87 bits per heavy atom. The van der Waals surface area contributed by atoms with E-state index in [4.69, 9.17) is 18.9 Å². The van der Waals surface area contributed by atoms with Gasteiger partial charge in [-0.25, -0.2) is 4.79 Å². The number of allylic oxidation sites excluding steroid dienone is 3. The van der Waals surface area contributed by atoms with Gasteiger partial charge in [-0.3, -0.25) is 9.59 Å². The second kappa shape index (κ2) is 15.6. The molecule has 3 aliphatic rings. The highest BCUT2D eigenvalue weighted by Gasteiger charge is 2.46. The minimum atomic E-state index is -1.41. The van der Waals surface area contributed by atoms with Gasteiger partial charge < -0.3 is 49.5 Å². The number of carbonyl (C=O) groups excluding carboxylic acids is 3. The number of hydrogen-bond acceptors (Lipinski definition) is 12. The maximum Gasteiger partial charge on any atom is 0.375 e. The summed E-state index contributed by atoms with van der Waals surface area (Å²) in [5.41, 5.74) is 1.74. The molecule has 0 amide bonds. The Balaban J connectivity index is 1.62. The lowest BCUT2D eigenvalue weighted by Crippen LogP contribution is -2.42. The molecule has 1 aromatic heterocycles. The summed E-state index contributed by atoms with van der Waals surface area (Å²) >= 11 is 0. The van der Waals surface area contributed by atoms with Crippen LogP contribution in [0.25, 0.3) is 16.5 Å². The van der Waals surface area contributed by atoms with Gasteiger partial charge in [0.15, 0.2) is 6.29 Å². The zero-order valence-corrected chi connectivity index (χ0v) is 29.3. The Bertz CT molecular complexity index is 1920. The Kier molecular flexibility index (Phi) is 11.2. The molecule has 0 radical (unpaired) electrons. The maximum absolute atomic E-state index is 13.9. The zero-order valence-electron chi connectivity index (χ0n) is 29.3. The molecule has 1 aliphatic carbocycles. The zero-order chi connectivity index (χ0) is 37.2. The summed E-state index contributed by atoms with van der Waals surface area (Å²) in [6.45, 7) is 1.80. The quantitative estimate of drug-likeness (QED) is 0.0808. The van der Waals surface area contributed by atoms with Crippen LogP contribution >= 0.6 is 0 Å². The van der Waals surface area contributed by atoms with Gasteiger partial charge in [-0.1, -0.05) is 11.6 Å². The molecule has 1 fully saturated rings. The third-order valence-corrected chi connectivity index (χ3v) is 10.2. The van der Waals surface area contributed by atoms with E-state index in [1.54, 1.807) is 20.0 Å². The fourth-order valence-corrected chi connectivity index (χ4v) is 7.59. The highest BCUT2D eigenvalue weighted by molar-refractivity contribution is 6.11. The minimum Gasteiger partial charge on any atom is -0.492 e. The van der Waals surface area contributed by atoms with Crippen molar-refractivity contribution in [2.75, 3.05) is 33.0 Å². The van der Waals surface area contributed by atoms with Gasteiger partial charge in [-0.2, -0.15) is 0 Å². The summed E-state index contributed by atoms with van der Waals surface area (Å²) < 4.78 is 24.3. The number of carbonyl (C=O) groups is 3. The molecule has 13 nitrogen and oxygen atoms in total. The molecule has 278 valence electrons. The predicted molar refractivity (Wildman–Crippen MR) is 188 cm³/mol. The Hall–Kier alpha value is -4.53. The second-order valence-corrected chi connectivity index (χ2v) is 13.6. The summed E-state index contributed by atoms with van der Waals surface area (Å²) in [4.78, 5) is 43.7. The monoisotopic (exact) mass is 719 g/mol. The molecule has 52 heavy (non-hydrogen) atoms. The van der Waals surface area contributed by atoms with Crippen molar-refractivity contribution in [3.63, 3.8) is 0 Å². The normalized spacial score (nSPS) is 22.4. The van der Waals surface area contributed by atoms with Crippen molar-refractivity contribution in [2.24, 2.45) is 5.92 Å². The van der Waals surface area contributed by atoms with Crippen LogP contribution in [-0.4, -0.2) is 93.3 Å². The van der Waals surface area contributed by atoms with E-state index in [-0.39, 0.29) is 104 Å². The van der Waals surface area contributed by atoms with Crippen LogP contribution in [0.2, 0.25) is 0 Å². The number of fused-ring (bicyclic) bond motifs is 3. The Morgan fingerprint density at radius 3 is 2.56 bits per heavy atom. The van der Waals surface area contributed by atoms with Crippen molar-refractivity contribution < 1.29 is 58.9 Å². The van der Waals surface area contributed by atoms with Gasteiger partial charge in [0, 0.05) is 60.7 Å². The minimum absolute atomic E-state index is 0.0187. The number of aliphatic hydroxyl groups is 5. The van der Waals surface area contributed by atoms with Crippen LogP contribution < -0.4 is 14.2 Å². The first-order valence-corrected chi connectivity index (χ1v) is 17.7. The molecule has 13 heteroatoms. The van der Waals surface area contributed by atoms with Gasteiger partial charge in [-0.15, -0.1) is 0 Å². The number of ether oxygens (including phenoxy) is 4. The van der Waals surface area contributed by atoms with Gasteiger partial charge in [0.2, 0.25) is 5.76 Å². The van der Waals surface area contributed by atoms with Gasteiger partial charge in [0.05, 0.1) is 48.7 Å². The average Bonchev–Trinajstić information content (AvgIpc) is 3.81. The van der Waals surface area contributed by atoms with Crippen molar-refractivity contribution in [1.29, 1.82) is 0 Å². The lowest BCUT2D eigenvalue weighted by Gasteiger charge is -2.34. The van der Waals surface area contributed by atoms with Crippen LogP contribution in [0.4, 0.5) is 0 Å². The van der Waals surface area contributed by atoms with Crippen LogP contribution in [0.3, 0.4) is 0 Å². The first-order valence-electron chi connectivity index (χ1n) is 17.7. The highest BCUT2D eigenvalue weighted by atomic mass is 16.6. The van der Waals surface area contributed by atoms with Gasteiger partial charge >= 0.3 is 5.97 Å². The van der Waals surface area contributed by atoms with E-state index in [0.29, 0.717) is 29.4 Å². The summed E-state index contributed by atoms with van der Waals surface area (Å²) in [5.74, 6) is -2.69. The van der Waals surface area contributed by atoms with Crippen LogP contribution in [0, 0.1) is 5.92 Å². The van der Waals surface area contributed by atoms with E-state index in [9.17, 15) is 39.9 Å². The SMILES string of the molecule is CCOC(=O)C1=C(C=O)/C(=C2\C[C@H](CO)C(=O)[C@@H](c3ccc4[nH]ccc4c3)C2)c2c(OCCCO)c3c(c(CO)c2O1)O[C@H]([C@](C)(O)CCCO)C3. The standard InChI is InChI=1S/C39H45NO12/c1-3-49-38(47)37-27(19-44)31(23-15-24(18-43)33(46)25(16-23)21-6-7-29-22(14-21)8-10-40-29)32-35(50-13-5-12-42)26-17-30(39(2,48)9-4-11-41)51-34(26)28(20-45)36(32)52-37/h6-8,10,14,19,24-25,30,40-43,45,48H,3-5,9,11-13,15-18,20H2,1-2H3/b31-23-/t24-,25-,30+,39-/m1/s1. The van der Waals surface area contributed by atoms with Crippen LogP contribution in [0.15, 0.2) is 47.4 Å². The number of hydrogen-bond donors (Lipinski definition) is 6. The van der Waals surface area contributed by atoms with E-state index in [0.717, 1.165) is 10.9 Å². The largest absolute Gasteiger partial charge is 0.492 e. The summed E-state index contributed by atoms with van der Waals surface area (Å²) in [6, 6.07) is 7.53. The fourth-order valence-electron chi connectivity index (χ4n) is 7.59. The summed E-state index contributed by atoms with van der Waals surface area (Å²) in [7, 11) is 0. The number of nitrogens with one attached hydrogen (secondary N) is 1. The number of aliphatic hydroxyl groups excluding tert-OH is 4. The smallest absolute Gasteiger partial charge is 0.375 e. The first-order chi connectivity index (χ1) is 25.1. The van der Waals surface area contributed by atoms with Crippen LogP contribution in [0.5, 0.6) is 17.2 Å². The summed E-state index contributed by atoms with van der Waals surface area (Å²) in [5, 5.41) is 52.9. The molecule has 0 saturated heterocycles. The van der Waals surface area contributed by atoms with E-state index < -0.39 is 48.5 Å². The highest BCUT2D eigenvalue weighted by Crippen LogP contribution is 2.57. The molecule has 2 aromatic carbocycles. The molecular formula is C39H45NO12. The number of H-pyrrole nitrogens is 1. The van der Waals surface area contributed by atoms with Gasteiger partial charge in [-0.05, 0) is 68.7 Å². The molecule has 1 saturated carbocycles. The topological polar surface area (TPSA) is 205 Å². The number of Topliss-reactive ketones (excluding diaryl/α,β-unsaturated/α-hetero) is 1. The van der Waals surface area contributed by atoms with Crippen molar-refractivity contribution in [3.8, 4) is 17.2 Å². The number of aromatic nitrogens is 1. The average molecular weight is 720 g/mol. The van der Waals surface area contributed by atoms with Crippen molar-refractivity contribution in [1.82, 2.24) is 4.98 Å². The van der Waals surface area contributed by atoms with Gasteiger partial charge in [0.25, 0.3) is 0 Å².